The normalized spacial score (nSPS) is 14.6. The van der Waals surface area contributed by atoms with Crippen molar-refractivity contribution < 1.29 is 14.3 Å². The fraction of sp³-hybridized carbons (Fsp3) is 0.394. The van der Waals surface area contributed by atoms with E-state index in [0.29, 0.717) is 18.7 Å². The number of carbonyl (C=O) groups excluding carboxylic acids is 2. The third-order valence-electron chi connectivity index (χ3n) is 7.25. The van der Waals surface area contributed by atoms with Crippen LogP contribution in [0.2, 0.25) is 0 Å². The minimum Gasteiger partial charge on any atom is -0.484 e. The number of hydrogen-bond acceptors (Lipinski definition) is 3. The lowest BCUT2D eigenvalue weighted by Gasteiger charge is -2.32. The first-order valence-electron chi connectivity index (χ1n) is 13.7. The largest absolute Gasteiger partial charge is 0.484 e. The summed E-state index contributed by atoms with van der Waals surface area (Å²) in [4.78, 5) is 29.1. The van der Waals surface area contributed by atoms with Crippen molar-refractivity contribution in [3.8, 4) is 5.75 Å². The predicted molar refractivity (Wildman–Crippen MR) is 152 cm³/mol. The Morgan fingerprint density at radius 2 is 1.45 bits per heavy atom. The summed E-state index contributed by atoms with van der Waals surface area (Å²) in [6.45, 7) is 6.69. The van der Waals surface area contributed by atoms with E-state index in [1.165, 1.54) is 5.56 Å². The monoisotopic (exact) mass is 512 g/mol. The molecule has 1 unspecified atom stereocenters. The molecule has 0 spiro atoms. The molecule has 1 aliphatic rings. The Morgan fingerprint density at radius 3 is 2.03 bits per heavy atom. The molecular weight excluding hydrogens is 472 g/mol. The van der Waals surface area contributed by atoms with Gasteiger partial charge in [-0.1, -0.05) is 106 Å². The van der Waals surface area contributed by atoms with E-state index in [9.17, 15) is 9.59 Å². The minimum absolute atomic E-state index is 0.0399. The number of amides is 2. The Bertz CT molecular complexity index is 1160. The molecule has 1 N–H and O–H groups in total. The molecule has 1 aliphatic carbocycles. The second kappa shape index (κ2) is 12.8. The van der Waals surface area contributed by atoms with Crippen LogP contribution in [0.25, 0.3) is 0 Å². The first-order valence-corrected chi connectivity index (χ1v) is 13.7. The van der Waals surface area contributed by atoms with Crippen molar-refractivity contribution in [3.05, 3.63) is 102 Å². The molecule has 0 heterocycles. The van der Waals surface area contributed by atoms with E-state index in [4.69, 9.17) is 4.74 Å². The van der Waals surface area contributed by atoms with Gasteiger partial charge in [-0.05, 0) is 47.1 Å². The van der Waals surface area contributed by atoms with Crippen molar-refractivity contribution in [1.82, 2.24) is 10.2 Å². The highest BCUT2D eigenvalue weighted by molar-refractivity contribution is 5.88. The maximum atomic E-state index is 13.7. The summed E-state index contributed by atoms with van der Waals surface area (Å²) >= 11 is 0. The van der Waals surface area contributed by atoms with Gasteiger partial charge in [0.25, 0.3) is 5.91 Å². The van der Waals surface area contributed by atoms with Crippen LogP contribution in [0.5, 0.6) is 5.75 Å². The van der Waals surface area contributed by atoms with E-state index in [-0.39, 0.29) is 29.9 Å². The number of nitrogens with zero attached hydrogens (tertiary/aromatic N) is 1. The minimum atomic E-state index is -0.641. The van der Waals surface area contributed by atoms with E-state index >= 15 is 0 Å². The molecular formula is C33H40N2O3. The van der Waals surface area contributed by atoms with Gasteiger partial charge in [0.1, 0.15) is 11.8 Å². The Hall–Kier alpha value is -3.60. The van der Waals surface area contributed by atoms with Crippen LogP contribution in [0.3, 0.4) is 0 Å². The van der Waals surface area contributed by atoms with Gasteiger partial charge in [0, 0.05) is 19.0 Å². The van der Waals surface area contributed by atoms with Crippen LogP contribution in [0.15, 0.2) is 84.9 Å². The lowest BCUT2D eigenvalue weighted by molar-refractivity contribution is -0.143. The van der Waals surface area contributed by atoms with Crippen molar-refractivity contribution in [2.75, 3.05) is 6.61 Å². The molecule has 1 atom stereocenters. The average molecular weight is 513 g/mol. The maximum absolute atomic E-state index is 13.7. The number of ether oxygens (including phenoxy) is 1. The highest BCUT2D eigenvalue weighted by Crippen LogP contribution is 2.25. The van der Waals surface area contributed by atoms with Crippen molar-refractivity contribution in [2.24, 2.45) is 0 Å². The van der Waals surface area contributed by atoms with Gasteiger partial charge in [-0.25, -0.2) is 0 Å². The maximum Gasteiger partial charge on any atom is 0.261 e. The quantitative estimate of drug-likeness (QED) is 0.359. The molecule has 38 heavy (non-hydrogen) atoms. The fourth-order valence-corrected chi connectivity index (χ4v) is 4.98. The molecule has 5 heteroatoms. The number of rotatable bonds is 10. The molecule has 4 rings (SSSR count). The van der Waals surface area contributed by atoms with Gasteiger partial charge in [-0.3, -0.25) is 9.59 Å². The van der Waals surface area contributed by atoms with E-state index in [0.717, 1.165) is 36.8 Å². The summed E-state index contributed by atoms with van der Waals surface area (Å²) in [6.07, 6.45) is 4.68. The highest BCUT2D eigenvalue weighted by Gasteiger charge is 2.32. The zero-order valence-electron chi connectivity index (χ0n) is 22.9. The molecule has 1 saturated carbocycles. The van der Waals surface area contributed by atoms with E-state index in [1.54, 1.807) is 4.90 Å². The molecule has 3 aromatic carbocycles. The van der Waals surface area contributed by atoms with Gasteiger partial charge < -0.3 is 15.0 Å². The average Bonchev–Trinajstić information content (AvgIpc) is 3.43. The predicted octanol–water partition coefficient (Wildman–Crippen LogP) is 6.06. The van der Waals surface area contributed by atoms with Crippen LogP contribution in [-0.2, 0) is 28.0 Å². The number of hydrogen-bond donors (Lipinski definition) is 1. The smallest absolute Gasteiger partial charge is 0.261 e. The molecule has 1 fully saturated rings. The van der Waals surface area contributed by atoms with Crippen LogP contribution in [0, 0.1) is 0 Å². The summed E-state index contributed by atoms with van der Waals surface area (Å²) in [5, 5.41) is 3.24. The molecule has 0 bridgehead atoms. The van der Waals surface area contributed by atoms with Crippen molar-refractivity contribution in [3.63, 3.8) is 0 Å². The van der Waals surface area contributed by atoms with Gasteiger partial charge in [0.15, 0.2) is 6.61 Å². The van der Waals surface area contributed by atoms with Crippen LogP contribution in [0.4, 0.5) is 0 Å². The summed E-state index contributed by atoms with van der Waals surface area (Å²) in [7, 11) is 0. The number of benzene rings is 3. The Kier molecular flexibility index (Phi) is 9.22. The van der Waals surface area contributed by atoms with Crippen LogP contribution < -0.4 is 10.1 Å². The summed E-state index contributed by atoms with van der Waals surface area (Å²) < 4.78 is 5.94. The third-order valence-corrected chi connectivity index (χ3v) is 7.25. The van der Waals surface area contributed by atoms with Crippen LogP contribution in [-0.4, -0.2) is 35.4 Å². The molecule has 200 valence electrons. The van der Waals surface area contributed by atoms with Gasteiger partial charge >= 0.3 is 0 Å². The number of nitrogens with one attached hydrogen (secondary N) is 1. The van der Waals surface area contributed by atoms with Crippen molar-refractivity contribution in [1.29, 1.82) is 0 Å². The molecule has 0 radical (unpaired) electrons. The number of carbonyl (C=O) groups is 2. The second-order valence-electron chi connectivity index (χ2n) is 11.3. The van der Waals surface area contributed by atoms with E-state index < -0.39 is 6.04 Å². The first-order chi connectivity index (χ1) is 18.3. The SMILES string of the molecule is CC(C)(C)c1ccc(OCC(=O)N(Cc2ccccc2)C(Cc2ccccc2)C(=O)NC2CCCC2)cc1. The zero-order chi connectivity index (χ0) is 27.0. The first kappa shape index (κ1) is 27.4. The van der Waals surface area contributed by atoms with Gasteiger partial charge in [-0.15, -0.1) is 0 Å². The van der Waals surface area contributed by atoms with E-state index in [1.807, 2.05) is 84.9 Å². The Labute approximate surface area is 227 Å². The summed E-state index contributed by atoms with van der Waals surface area (Å²) in [5.41, 5.74) is 3.23. The second-order valence-corrected chi connectivity index (χ2v) is 11.3. The molecule has 2 amide bonds. The Morgan fingerprint density at radius 1 is 0.868 bits per heavy atom. The highest BCUT2D eigenvalue weighted by atomic mass is 16.5. The molecule has 0 saturated heterocycles. The topological polar surface area (TPSA) is 58.6 Å². The van der Waals surface area contributed by atoms with Gasteiger partial charge in [0.2, 0.25) is 5.91 Å². The van der Waals surface area contributed by atoms with Gasteiger partial charge in [0.05, 0.1) is 0 Å². The summed E-state index contributed by atoms with van der Waals surface area (Å²) in [5.74, 6) is 0.330. The van der Waals surface area contributed by atoms with Crippen LogP contribution >= 0.6 is 0 Å². The lowest BCUT2D eigenvalue weighted by atomic mass is 9.87. The van der Waals surface area contributed by atoms with Crippen molar-refractivity contribution >= 4 is 11.8 Å². The standard InChI is InChI=1S/C33H40N2O3/c1-33(2,3)27-18-20-29(21-19-27)38-24-31(36)35(23-26-14-8-5-9-15-26)30(22-25-12-6-4-7-13-25)32(37)34-28-16-10-11-17-28/h4-9,12-15,18-21,28,30H,10-11,16-17,22-24H2,1-3H3,(H,34,37). The van der Waals surface area contributed by atoms with E-state index in [2.05, 4.69) is 26.1 Å². The third kappa shape index (κ3) is 7.70. The van der Waals surface area contributed by atoms with Crippen molar-refractivity contribution in [2.45, 2.75) is 76.9 Å². The summed E-state index contributed by atoms with van der Waals surface area (Å²) in [6, 6.07) is 27.2. The van der Waals surface area contributed by atoms with Gasteiger partial charge in [-0.2, -0.15) is 0 Å². The molecule has 5 nitrogen and oxygen atoms in total. The Balaban J connectivity index is 1.56. The fourth-order valence-electron chi connectivity index (χ4n) is 4.98. The molecule has 0 aromatic heterocycles. The lowest BCUT2D eigenvalue weighted by Crippen LogP contribution is -2.53. The molecule has 3 aromatic rings. The molecule has 0 aliphatic heterocycles. The zero-order valence-corrected chi connectivity index (χ0v) is 22.9. The van der Waals surface area contributed by atoms with Crippen LogP contribution in [0.1, 0.15) is 63.1 Å².